The lowest BCUT2D eigenvalue weighted by Gasteiger charge is -2.32. The first-order valence-electron chi connectivity index (χ1n) is 9.20. The number of nitrogens with zero attached hydrogens (tertiary/aromatic N) is 3. The Hall–Kier alpha value is -2.61. The molecule has 1 N–H and O–H groups in total. The number of ether oxygens (including phenoxy) is 1. The first kappa shape index (κ1) is 17.8. The standard InChI is InChI=1S/C19H24N4O4/c1-21(2)18(26)20-11-17(25)22-9-8-19-15(22)10-16(24)23(19)12-14(27-19)13-6-4-3-5-7-13/h3-7,14-15H,8-12H2,1-2H3,(H,20,26)/t14-,15-,19+/m1/s1. The Labute approximate surface area is 158 Å². The third kappa shape index (κ3) is 2.84. The molecule has 3 saturated heterocycles. The van der Waals surface area contributed by atoms with E-state index in [4.69, 9.17) is 4.74 Å². The number of benzene rings is 1. The Kier molecular flexibility index (Phi) is 4.30. The van der Waals surface area contributed by atoms with Crippen LogP contribution in [0.2, 0.25) is 0 Å². The summed E-state index contributed by atoms with van der Waals surface area (Å²) in [5.74, 6) is -0.165. The van der Waals surface area contributed by atoms with Gasteiger partial charge in [0.25, 0.3) is 0 Å². The van der Waals surface area contributed by atoms with Crippen LogP contribution in [0.25, 0.3) is 0 Å². The van der Waals surface area contributed by atoms with Crippen LogP contribution in [0.4, 0.5) is 4.79 Å². The van der Waals surface area contributed by atoms with Crippen molar-refractivity contribution in [3.05, 3.63) is 35.9 Å². The van der Waals surface area contributed by atoms with Crippen LogP contribution in [0.1, 0.15) is 24.5 Å². The second-order valence-corrected chi connectivity index (χ2v) is 7.48. The Balaban J connectivity index is 1.49. The van der Waals surface area contributed by atoms with E-state index in [0.717, 1.165) is 5.56 Å². The lowest BCUT2D eigenvalue weighted by atomic mass is 10.1. The summed E-state index contributed by atoms with van der Waals surface area (Å²) in [6.45, 7) is 0.950. The second kappa shape index (κ2) is 6.53. The molecule has 0 radical (unpaired) electrons. The highest BCUT2D eigenvalue weighted by atomic mass is 16.5. The molecule has 8 nitrogen and oxygen atoms in total. The largest absolute Gasteiger partial charge is 0.343 e. The van der Waals surface area contributed by atoms with Crippen molar-refractivity contribution in [3.8, 4) is 0 Å². The predicted octanol–water partition coefficient (Wildman–Crippen LogP) is 0.559. The van der Waals surface area contributed by atoms with Gasteiger partial charge in [0.2, 0.25) is 11.8 Å². The number of nitrogens with one attached hydrogen (secondary N) is 1. The summed E-state index contributed by atoms with van der Waals surface area (Å²) in [6.07, 6.45) is 0.691. The van der Waals surface area contributed by atoms with Crippen LogP contribution in [-0.4, -0.2) is 78.0 Å². The average molecular weight is 372 g/mol. The Morgan fingerprint density at radius 1 is 1.30 bits per heavy atom. The van der Waals surface area contributed by atoms with Gasteiger partial charge in [0.15, 0.2) is 5.72 Å². The van der Waals surface area contributed by atoms with Crippen LogP contribution in [-0.2, 0) is 14.3 Å². The van der Waals surface area contributed by atoms with E-state index in [9.17, 15) is 14.4 Å². The maximum Gasteiger partial charge on any atom is 0.317 e. The zero-order valence-corrected chi connectivity index (χ0v) is 15.6. The molecule has 4 amide bonds. The van der Waals surface area contributed by atoms with Gasteiger partial charge in [0.1, 0.15) is 6.10 Å². The van der Waals surface area contributed by atoms with Crippen LogP contribution in [0.3, 0.4) is 0 Å². The lowest BCUT2D eigenvalue weighted by molar-refractivity contribution is -0.142. The Morgan fingerprint density at radius 3 is 2.74 bits per heavy atom. The molecule has 8 heteroatoms. The summed E-state index contributed by atoms with van der Waals surface area (Å²) in [6, 6.07) is 9.23. The van der Waals surface area contributed by atoms with E-state index in [0.29, 0.717) is 19.5 Å². The lowest BCUT2D eigenvalue weighted by Crippen LogP contribution is -2.50. The normalized spacial score (nSPS) is 28.9. The molecule has 0 unspecified atom stereocenters. The van der Waals surface area contributed by atoms with Gasteiger partial charge in [0.05, 0.1) is 25.6 Å². The smallest absolute Gasteiger partial charge is 0.317 e. The molecular weight excluding hydrogens is 348 g/mol. The van der Waals surface area contributed by atoms with Crippen LogP contribution in [0.5, 0.6) is 0 Å². The first-order valence-corrected chi connectivity index (χ1v) is 9.20. The van der Waals surface area contributed by atoms with Gasteiger partial charge >= 0.3 is 6.03 Å². The molecule has 1 aromatic rings. The minimum absolute atomic E-state index is 0.0215. The zero-order chi connectivity index (χ0) is 19.2. The molecule has 3 atom stereocenters. The van der Waals surface area contributed by atoms with E-state index in [-0.39, 0.29) is 43.0 Å². The van der Waals surface area contributed by atoms with Gasteiger partial charge in [-0.25, -0.2) is 4.79 Å². The third-order valence-electron chi connectivity index (χ3n) is 5.72. The fraction of sp³-hybridized carbons (Fsp3) is 0.526. The van der Waals surface area contributed by atoms with Gasteiger partial charge in [-0.1, -0.05) is 30.3 Å². The summed E-state index contributed by atoms with van der Waals surface area (Å²) in [7, 11) is 3.24. The quantitative estimate of drug-likeness (QED) is 0.841. The van der Waals surface area contributed by atoms with Crippen molar-refractivity contribution >= 4 is 17.8 Å². The molecule has 3 heterocycles. The van der Waals surface area contributed by atoms with Gasteiger partial charge in [-0.15, -0.1) is 0 Å². The topological polar surface area (TPSA) is 82.2 Å². The van der Waals surface area contributed by atoms with Crippen molar-refractivity contribution in [2.45, 2.75) is 30.7 Å². The van der Waals surface area contributed by atoms with Crippen molar-refractivity contribution in [2.24, 2.45) is 0 Å². The highest BCUT2D eigenvalue weighted by molar-refractivity contribution is 5.87. The number of amides is 4. The molecule has 144 valence electrons. The molecule has 3 aliphatic rings. The molecule has 27 heavy (non-hydrogen) atoms. The molecule has 1 aromatic carbocycles. The fourth-order valence-corrected chi connectivity index (χ4v) is 4.38. The highest BCUT2D eigenvalue weighted by Crippen LogP contribution is 2.50. The maximum atomic E-state index is 12.7. The third-order valence-corrected chi connectivity index (χ3v) is 5.72. The van der Waals surface area contributed by atoms with Crippen molar-refractivity contribution in [3.63, 3.8) is 0 Å². The van der Waals surface area contributed by atoms with Gasteiger partial charge in [-0.3, -0.25) is 9.59 Å². The number of hydrogen-bond donors (Lipinski definition) is 1. The molecule has 1 spiro atoms. The first-order chi connectivity index (χ1) is 12.9. The molecule has 3 aliphatic heterocycles. The molecule has 0 aromatic heterocycles. The Bertz CT molecular complexity index is 768. The fourth-order valence-electron chi connectivity index (χ4n) is 4.38. The molecule has 0 bridgehead atoms. The number of hydrogen-bond acceptors (Lipinski definition) is 4. The molecule has 3 fully saturated rings. The molecule has 0 saturated carbocycles. The Morgan fingerprint density at radius 2 is 2.04 bits per heavy atom. The van der Waals surface area contributed by atoms with Gasteiger partial charge in [-0.05, 0) is 5.56 Å². The number of carbonyl (C=O) groups excluding carboxylic acids is 3. The molecule has 4 rings (SSSR count). The van der Waals surface area contributed by atoms with Gasteiger partial charge in [-0.2, -0.15) is 0 Å². The van der Waals surface area contributed by atoms with Gasteiger partial charge < -0.3 is 24.8 Å². The zero-order valence-electron chi connectivity index (χ0n) is 15.6. The number of urea groups is 1. The van der Waals surface area contributed by atoms with Crippen LogP contribution < -0.4 is 5.32 Å². The van der Waals surface area contributed by atoms with E-state index >= 15 is 0 Å². The summed E-state index contributed by atoms with van der Waals surface area (Å²) in [4.78, 5) is 41.8. The van der Waals surface area contributed by atoms with E-state index in [1.54, 1.807) is 23.9 Å². The summed E-state index contributed by atoms with van der Waals surface area (Å²) < 4.78 is 6.41. The number of rotatable bonds is 3. The summed E-state index contributed by atoms with van der Waals surface area (Å²) >= 11 is 0. The monoisotopic (exact) mass is 372 g/mol. The minimum Gasteiger partial charge on any atom is -0.343 e. The van der Waals surface area contributed by atoms with Crippen molar-refractivity contribution in [2.75, 3.05) is 33.7 Å². The van der Waals surface area contributed by atoms with E-state index in [1.807, 2.05) is 30.3 Å². The SMILES string of the molecule is CN(C)C(=O)NCC(=O)N1CC[C@@]23O[C@@H](c4ccccc4)CN2C(=O)C[C@@H]13. The van der Waals surface area contributed by atoms with Gasteiger partial charge in [0, 0.05) is 27.1 Å². The number of likely N-dealkylation sites (tertiary alicyclic amines) is 1. The summed E-state index contributed by atoms with van der Waals surface area (Å²) in [5.41, 5.74) is 0.301. The van der Waals surface area contributed by atoms with E-state index < -0.39 is 5.72 Å². The predicted molar refractivity (Wildman–Crippen MR) is 96.5 cm³/mol. The highest BCUT2D eigenvalue weighted by Gasteiger charge is 2.64. The van der Waals surface area contributed by atoms with E-state index in [1.165, 1.54) is 4.90 Å². The number of carbonyl (C=O) groups is 3. The summed E-state index contributed by atoms with van der Waals surface area (Å²) in [5, 5.41) is 2.60. The average Bonchev–Trinajstić information content (AvgIpc) is 3.28. The van der Waals surface area contributed by atoms with Crippen molar-refractivity contribution < 1.29 is 19.1 Å². The molecular formula is C19H24N4O4. The van der Waals surface area contributed by atoms with Crippen molar-refractivity contribution in [1.82, 2.24) is 20.0 Å². The van der Waals surface area contributed by atoms with E-state index in [2.05, 4.69) is 5.32 Å². The molecule has 0 aliphatic carbocycles. The van der Waals surface area contributed by atoms with Crippen molar-refractivity contribution in [1.29, 1.82) is 0 Å². The second-order valence-electron chi connectivity index (χ2n) is 7.48. The van der Waals surface area contributed by atoms with Crippen LogP contribution in [0, 0.1) is 0 Å². The van der Waals surface area contributed by atoms with Crippen LogP contribution in [0.15, 0.2) is 30.3 Å². The minimum atomic E-state index is -0.737. The maximum absolute atomic E-state index is 12.7. The van der Waals surface area contributed by atoms with Crippen LogP contribution >= 0.6 is 0 Å².